The standard InChI is InChI=1S/C15H23N5O2.ClH/c1-10-5-18-14(6-17-10)7-19-15(22)12-3-4-13(16)9-20(8-12)11(2)21;/h5-6,12-13H,3-4,7-9,16H2,1-2H3,(H,19,22);1H/t12-,13+;/m1./s1. The van der Waals surface area contributed by atoms with Crippen LogP contribution in [-0.4, -0.2) is 45.8 Å². The summed E-state index contributed by atoms with van der Waals surface area (Å²) in [6, 6.07) is -0.0651. The van der Waals surface area contributed by atoms with Gasteiger partial charge in [0.15, 0.2) is 0 Å². The van der Waals surface area contributed by atoms with Crippen molar-refractivity contribution in [1.29, 1.82) is 0 Å². The molecule has 7 nitrogen and oxygen atoms in total. The Morgan fingerprint density at radius 3 is 2.65 bits per heavy atom. The molecule has 0 unspecified atom stereocenters. The molecule has 2 heterocycles. The fraction of sp³-hybridized carbons (Fsp3) is 0.600. The van der Waals surface area contributed by atoms with Gasteiger partial charge in [-0.1, -0.05) is 0 Å². The number of hydrogen-bond donors (Lipinski definition) is 2. The summed E-state index contributed by atoms with van der Waals surface area (Å²) in [6.07, 6.45) is 4.76. The molecule has 0 saturated carbocycles. The van der Waals surface area contributed by atoms with Crippen molar-refractivity contribution in [3.8, 4) is 0 Å². The molecular formula is C15H24ClN5O2. The maximum absolute atomic E-state index is 12.3. The van der Waals surface area contributed by atoms with Gasteiger partial charge in [-0.3, -0.25) is 19.6 Å². The normalized spacial score (nSPS) is 21.1. The van der Waals surface area contributed by atoms with E-state index in [9.17, 15) is 9.59 Å². The highest BCUT2D eigenvalue weighted by atomic mass is 35.5. The molecule has 1 aromatic rings. The number of aromatic nitrogens is 2. The highest BCUT2D eigenvalue weighted by Gasteiger charge is 2.28. The molecule has 23 heavy (non-hydrogen) atoms. The summed E-state index contributed by atoms with van der Waals surface area (Å²) in [7, 11) is 0. The van der Waals surface area contributed by atoms with Crippen molar-refractivity contribution in [3.05, 3.63) is 23.8 Å². The van der Waals surface area contributed by atoms with E-state index in [1.807, 2.05) is 6.92 Å². The number of carbonyl (C=O) groups excluding carboxylic acids is 2. The largest absolute Gasteiger partial charge is 0.350 e. The first kappa shape index (κ1) is 19.3. The number of nitrogens with two attached hydrogens (primary N) is 1. The van der Waals surface area contributed by atoms with Crippen LogP contribution in [-0.2, 0) is 16.1 Å². The van der Waals surface area contributed by atoms with Crippen molar-refractivity contribution < 1.29 is 9.59 Å². The Balaban J connectivity index is 0.00000264. The van der Waals surface area contributed by atoms with Crippen molar-refractivity contribution in [2.75, 3.05) is 13.1 Å². The van der Waals surface area contributed by atoms with Crippen LogP contribution in [0.25, 0.3) is 0 Å². The average Bonchev–Trinajstić information content (AvgIpc) is 2.68. The topological polar surface area (TPSA) is 101 Å². The number of hydrogen-bond acceptors (Lipinski definition) is 5. The van der Waals surface area contributed by atoms with Crippen LogP contribution in [0.4, 0.5) is 0 Å². The first-order valence-electron chi connectivity index (χ1n) is 7.52. The lowest BCUT2D eigenvalue weighted by atomic mass is 10.0. The zero-order chi connectivity index (χ0) is 16.1. The van der Waals surface area contributed by atoms with Crippen molar-refractivity contribution >= 4 is 24.2 Å². The summed E-state index contributed by atoms with van der Waals surface area (Å²) in [5, 5.41) is 2.87. The molecule has 0 aromatic carbocycles. The van der Waals surface area contributed by atoms with Crippen LogP contribution in [0.3, 0.4) is 0 Å². The molecule has 1 aromatic heterocycles. The van der Waals surface area contributed by atoms with Gasteiger partial charge in [-0.25, -0.2) is 0 Å². The number of amides is 2. The molecule has 2 rings (SSSR count). The van der Waals surface area contributed by atoms with Gasteiger partial charge in [-0.15, -0.1) is 12.4 Å². The summed E-state index contributed by atoms with van der Waals surface area (Å²) in [4.78, 5) is 33.9. The molecule has 2 amide bonds. The van der Waals surface area contributed by atoms with Crippen LogP contribution in [0.5, 0.6) is 0 Å². The minimum atomic E-state index is -0.226. The van der Waals surface area contributed by atoms with E-state index >= 15 is 0 Å². The molecule has 1 aliphatic rings. The third kappa shape index (κ3) is 5.76. The molecule has 0 bridgehead atoms. The van der Waals surface area contributed by atoms with Gasteiger partial charge in [-0.2, -0.15) is 0 Å². The monoisotopic (exact) mass is 341 g/mol. The minimum Gasteiger partial charge on any atom is -0.350 e. The number of likely N-dealkylation sites (tertiary alicyclic amines) is 1. The lowest BCUT2D eigenvalue weighted by Gasteiger charge is -2.23. The second-order valence-corrected chi connectivity index (χ2v) is 5.83. The molecule has 1 saturated heterocycles. The van der Waals surface area contributed by atoms with E-state index < -0.39 is 0 Å². The van der Waals surface area contributed by atoms with E-state index in [-0.39, 0.29) is 36.2 Å². The third-order valence-corrected chi connectivity index (χ3v) is 3.88. The summed E-state index contributed by atoms with van der Waals surface area (Å²) in [5.41, 5.74) is 7.51. The third-order valence-electron chi connectivity index (χ3n) is 3.88. The number of nitrogens with zero attached hydrogens (tertiary/aromatic N) is 3. The molecule has 0 radical (unpaired) electrons. The molecule has 0 aliphatic carbocycles. The lowest BCUT2D eigenvalue weighted by molar-refractivity contribution is -0.131. The summed E-state index contributed by atoms with van der Waals surface area (Å²) >= 11 is 0. The predicted octanol–water partition coefficient (Wildman–Crippen LogP) is 0.409. The van der Waals surface area contributed by atoms with Gasteiger partial charge in [0.2, 0.25) is 11.8 Å². The minimum absolute atomic E-state index is 0. The van der Waals surface area contributed by atoms with Gasteiger partial charge >= 0.3 is 0 Å². The Kier molecular flexibility index (Phi) is 7.38. The van der Waals surface area contributed by atoms with Gasteiger partial charge in [0.1, 0.15) is 0 Å². The van der Waals surface area contributed by atoms with Gasteiger partial charge in [0, 0.05) is 32.3 Å². The highest BCUT2D eigenvalue weighted by molar-refractivity contribution is 5.85. The molecular weight excluding hydrogens is 318 g/mol. The first-order valence-corrected chi connectivity index (χ1v) is 7.52. The Morgan fingerprint density at radius 2 is 2.04 bits per heavy atom. The zero-order valence-electron chi connectivity index (χ0n) is 13.5. The number of halogens is 1. The zero-order valence-corrected chi connectivity index (χ0v) is 14.3. The van der Waals surface area contributed by atoms with E-state index in [1.54, 1.807) is 17.3 Å². The number of carbonyl (C=O) groups is 2. The first-order chi connectivity index (χ1) is 10.5. The van der Waals surface area contributed by atoms with E-state index in [0.29, 0.717) is 31.7 Å². The maximum Gasteiger partial charge on any atom is 0.225 e. The molecule has 0 spiro atoms. The van der Waals surface area contributed by atoms with Crippen molar-refractivity contribution in [2.24, 2.45) is 11.7 Å². The SMILES string of the molecule is CC(=O)N1C[C@@H](N)CC[C@@H](C(=O)NCc2cnc(C)cn2)C1.Cl. The van der Waals surface area contributed by atoms with Crippen molar-refractivity contribution in [1.82, 2.24) is 20.2 Å². The Labute approximate surface area is 142 Å². The smallest absolute Gasteiger partial charge is 0.225 e. The van der Waals surface area contributed by atoms with Crippen LogP contribution in [0.15, 0.2) is 12.4 Å². The molecule has 3 N–H and O–H groups in total. The fourth-order valence-corrected chi connectivity index (χ4v) is 2.53. The second-order valence-electron chi connectivity index (χ2n) is 5.83. The van der Waals surface area contributed by atoms with Crippen LogP contribution in [0, 0.1) is 12.8 Å². The van der Waals surface area contributed by atoms with E-state index in [1.165, 1.54) is 6.92 Å². The number of nitrogens with one attached hydrogen (secondary N) is 1. The lowest BCUT2D eigenvalue weighted by Crippen LogP contribution is -2.42. The van der Waals surface area contributed by atoms with Crippen LogP contribution < -0.4 is 11.1 Å². The van der Waals surface area contributed by atoms with Crippen LogP contribution in [0.1, 0.15) is 31.2 Å². The van der Waals surface area contributed by atoms with Gasteiger partial charge in [-0.05, 0) is 19.8 Å². The summed E-state index contributed by atoms with van der Waals surface area (Å²) < 4.78 is 0. The number of rotatable bonds is 3. The van der Waals surface area contributed by atoms with Crippen LogP contribution in [0.2, 0.25) is 0 Å². The summed E-state index contributed by atoms with van der Waals surface area (Å²) in [5.74, 6) is -0.335. The van der Waals surface area contributed by atoms with Gasteiger partial charge in [0.25, 0.3) is 0 Å². The fourth-order valence-electron chi connectivity index (χ4n) is 2.53. The molecule has 2 atom stereocenters. The maximum atomic E-state index is 12.3. The second kappa shape index (κ2) is 8.79. The molecule has 128 valence electrons. The Morgan fingerprint density at radius 1 is 1.30 bits per heavy atom. The van der Waals surface area contributed by atoms with Gasteiger partial charge < -0.3 is 16.0 Å². The molecule has 8 heteroatoms. The average molecular weight is 342 g/mol. The number of aryl methyl sites for hydroxylation is 1. The Hall–Kier alpha value is -1.73. The van der Waals surface area contributed by atoms with Gasteiger partial charge in [0.05, 0.1) is 30.0 Å². The van der Waals surface area contributed by atoms with E-state index in [0.717, 1.165) is 12.1 Å². The Bertz CT molecular complexity index is 537. The highest BCUT2D eigenvalue weighted by Crippen LogP contribution is 2.16. The molecule has 1 fully saturated rings. The molecule has 1 aliphatic heterocycles. The van der Waals surface area contributed by atoms with Crippen LogP contribution >= 0.6 is 12.4 Å². The van der Waals surface area contributed by atoms with E-state index in [4.69, 9.17) is 5.73 Å². The van der Waals surface area contributed by atoms with E-state index in [2.05, 4.69) is 15.3 Å². The van der Waals surface area contributed by atoms with Crippen molar-refractivity contribution in [2.45, 2.75) is 39.3 Å². The van der Waals surface area contributed by atoms with Crippen molar-refractivity contribution in [3.63, 3.8) is 0 Å². The quantitative estimate of drug-likeness (QED) is 0.829. The predicted molar refractivity (Wildman–Crippen MR) is 88.8 cm³/mol. The summed E-state index contributed by atoms with van der Waals surface area (Å²) in [6.45, 7) is 4.65.